The van der Waals surface area contributed by atoms with Crippen LogP contribution in [0.15, 0.2) is 80.8 Å². The summed E-state index contributed by atoms with van der Waals surface area (Å²) in [5, 5.41) is 7.13. The Morgan fingerprint density at radius 2 is 1.75 bits per heavy atom. The monoisotopic (exact) mass is 496 g/mol. The summed E-state index contributed by atoms with van der Waals surface area (Å²) in [6.07, 6.45) is 0.600. The Balaban J connectivity index is 1.63. The van der Waals surface area contributed by atoms with E-state index in [1.165, 1.54) is 5.56 Å². The topological polar surface area (TPSA) is 24.8 Å². The zero-order valence-corrected chi connectivity index (χ0v) is 18.4. The smallest absolute Gasteiger partial charge is 0.213 e. The minimum atomic E-state index is -0.253. The number of nitrogens with zero attached hydrogens (tertiary/aromatic N) is 2. The van der Waals surface area contributed by atoms with Crippen LogP contribution in [0.2, 0.25) is 0 Å². The van der Waals surface area contributed by atoms with Crippen LogP contribution in [0.3, 0.4) is 0 Å². The molecule has 0 saturated carbocycles. The second kappa shape index (κ2) is 7.05. The van der Waals surface area contributed by atoms with Gasteiger partial charge in [-0.3, -0.25) is 0 Å². The second-order valence-electron chi connectivity index (χ2n) is 7.20. The zero-order chi connectivity index (χ0) is 19.3. The lowest BCUT2D eigenvalue weighted by atomic mass is 9.96. The highest BCUT2D eigenvalue weighted by atomic mass is 79.9. The first-order valence-corrected chi connectivity index (χ1v) is 10.8. The van der Waals surface area contributed by atoms with E-state index in [1.807, 2.05) is 12.1 Å². The fourth-order valence-electron chi connectivity index (χ4n) is 3.87. The molecule has 5 heteroatoms. The van der Waals surface area contributed by atoms with Crippen molar-refractivity contribution in [3.63, 3.8) is 0 Å². The van der Waals surface area contributed by atoms with Crippen LogP contribution in [0, 0.1) is 6.92 Å². The molecule has 28 heavy (non-hydrogen) atoms. The molecule has 0 saturated heterocycles. The average molecular weight is 498 g/mol. The molecule has 2 aliphatic heterocycles. The summed E-state index contributed by atoms with van der Waals surface area (Å²) in [5.41, 5.74) is 5.75. The number of rotatable bonds is 2. The number of aryl methyl sites for hydroxylation is 1. The van der Waals surface area contributed by atoms with Crippen LogP contribution in [0.1, 0.15) is 40.9 Å². The molecule has 0 aromatic heterocycles. The summed E-state index contributed by atoms with van der Waals surface area (Å²) >= 11 is 7.32. The Morgan fingerprint density at radius 3 is 2.50 bits per heavy atom. The minimum Gasteiger partial charge on any atom is -0.463 e. The quantitative estimate of drug-likeness (QED) is 0.390. The molecule has 2 aliphatic rings. The van der Waals surface area contributed by atoms with Gasteiger partial charge in [-0.15, -0.1) is 0 Å². The van der Waals surface area contributed by atoms with Gasteiger partial charge in [0.05, 0.1) is 16.2 Å². The summed E-state index contributed by atoms with van der Waals surface area (Å²) < 4.78 is 8.48. The van der Waals surface area contributed by atoms with Crippen molar-refractivity contribution >= 4 is 37.6 Å². The van der Waals surface area contributed by atoms with E-state index in [9.17, 15) is 0 Å². The lowest BCUT2D eigenvalue weighted by Crippen LogP contribution is -2.33. The average Bonchev–Trinajstić information content (AvgIpc) is 3.15. The first-order valence-electron chi connectivity index (χ1n) is 9.23. The van der Waals surface area contributed by atoms with Crippen LogP contribution in [-0.4, -0.2) is 10.7 Å². The number of fused-ring (bicyclic) bond motifs is 3. The molecule has 0 N–H and O–H groups in total. The summed E-state index contributed by atoms with van der Waals surface area (Å²) in [7, 11) is 0. The molecule has 140 valence electrons. The van der Waals surface area contributed by atoms with Crippen molar-refractivity contribution in [3.05, 3.63) is 97.9 Å². The second-order valence-corrected chi connectivity index (χ2v) is 8.97. The van der Waals surface area contributed by atoms with Crippen molar-refractivity contribution in [1.82, 2.24) is 5.01 Å². The van der Waals surface area contributed by atoms with Crippen molar-refractivity contribution in [2.24, 2.45) is 5.10 Å². The predicted molar refractivity (Wildman–Crippen MR) is 119 cm³/mol. The number of hydrogen-bond donors (Lipinski definition) is 0. The molecule has 0 unspecified atom stereocenters. The van der Waals surface area contributed by atoms with E-state index in [4.69, 9.17) is 9.84 Å². The minimum absolute atomic E-state index is 0.138. The van der Waals surface area contributed by atoms with E-state index in [0.29, 0.717) is 0 Å². The summed E-state index contributed by atoms with van der Waals surface area (Å²) in [6.45, 7) is 2.10. The molecule has 3 aromatic rings. The maximum Gasteiger partial charge on any atom is 0.213 e. The summed E-state index contributed by atoms with van der Waals surface area (Å²) in [5.74, 6) is 0.902. The van der Waals surface area contributed by atoms with Gasteiger partial charge in [-0.25, -0.2) is 5.01 Å². The highest BCUT2D eigenvalue weighted by Gasteiger charge is 2.41. The Bertz CT molecular complexity index is 1060. The maximum absolute atomic E-state index is 6.49. The van der Waals surface area contributed by atoms with Gasteiger partial charge in [-0.05, 0) is 40.5 Å². The van der Waals surface area contributed by atoms with Crippen LogP contribution < -0.4 is 4.74 Å². The van der Waals surface area contributed by atoms with E-state index in [-0.39, 0.29) is 12.3 Å². The summed E-state index contributed by atoms with van der Waals surface area (Å²) in [4.78, 5) is 0. The van der Waals surface area contributed by atoms with Gasteiger partial charge >= 0.3 is 0 Å². The number of halogens is 2. The molecule has 0 aliphatic carbocycles. The van der Waals surface area contributed by atoms with Crippen molar-refractivity contribution in [2.75, 3.05) is 0 Å². The third-order valence-electron chi connectivity index (χ3n) is 5.28. The van der Waals surface area contributed by atoms with Crippen LogP contribution in [0.4, 0.5) is 0 Å². The highest BCUT2D eigenvalue weighted by Crippen LogP contribution is 2.50. The van der Waals surface area contributed by atoms with Gasteiger partial charge in [0.2, 0.25) is 6.23 Å². The molecule has 2 heterocycles. The van der Waals surface area contributed by atoms with E-state index >= 15 is 0 Å². The van der Waals surface area contributed by atoms with Crippen molar-refractivity contribution in [3.8, 4) is 5.75 Å². The van der Waals surface area contributed by atoms with Gasteiger partial charge in [-0.2, -0.15) is 5.10 Å². The fraction of sp³-hybridized carbons (Fsp3) is 0.174. The number of ether oxygens (including phenoxy) is 1. The molecule has 5 rings (SSSR count). The normalized spacial score (nSPS) is 20.2. The van der Waals surface area contributed by atoms with Crippen LogP contribution in [0.25, 0.3) is 0 Å². The van der Waals surface area contributed by atoms with Crippen LogP contribution in [0.5, 0.6) is 5.75 Å². The Labute approximate surface area is 181 Å². The van der Waals surface area contributed by atoms with Crippen molar-refractivity contribution in [2.45, 2.75) is 25.6 Å². The largest absolute Gasteiger partial charge is 0.463 e. The fourth-order valence-corrected chi connectivity index (χ4v) is 5.22. The van der Waals surface area contributed by atoms with Crippen LogP contribution in [-0.2, 0) is 0 Å². The first kappa shape index (κ1) is 18.0. The first-order chi connectivity index (χ1) is 13.6. The Morgan fingerprint density at radius 1 is 1.00 bits per heavy atom. The predicted octanol–water partition coefficient (Wildman–Crippen LogP) is 6.76. The van der Waals surface area contributed by atoms with Gasteiger partial charge < -0.3 is 4.74 Å². The summed E-state index contributed by atoms with van der Waals surface area (Å²) in [6, 6.07) is 23.2. The number of hydrogen-bond acceptors (Lipinski definition) is 3. The lowest BCUT2D eigenvalue weighted by molar-refractivity contribution is -0.0197. The van der Waals surface area contributed by atoms with Gasteiger partial charge in [-0.1, -0.05) is 76.1 Å². The standard InChI is InChI=1S/C23H18Br2N2O/c1-14-7-9-16(10-8-14)23-27-21(13-20(26-27)15-5-3-2-4-6-15)18-11-17(24)12-19(25)22(18)28-23/h2-12,21,23H,13H2,1H3/t21-,23-/m1/s1. The molecule has 0 fully saturated rings. The molecule has 0 amide bonds. The number of benzene rings is 3. The number of hydrazone groups is 1. The van der Waals surface area contributed by atoms with E-state index in [2.05, 4.69) is 98.4 Å². The van der Waals surface area contributed by atoms with Gasteiger partial charge in [0.1, 0.15) is 5.75 Å². The molecular formula is C23H18Br2N2O. The molecule has 0 spiro atoms. The zero-order valence-electron chi connectivity index (χ0n) is 15.3. The molecular weight excluding hydrogens is 480 g/mol. The SMILES string of the molecule is Cc1ccc([C@H]2Oc3c(Br)cc(Br)cc3[C@H]3CC(c4ccccc4)=NN32)cc1. The van der Waals surface area contributed by atoms with Crippen molar-refractivity contribution < 1.29 is 4.74 Å². The van der Waals surface area contributed by atoms with Gasteiger partial charge in [0.25, 0.3) is 0 Å². The Hall–Kier alpha value is -2.11. The third kappa shape index (κ3) is 3.07. The van der Waals surface area contributed by atoms with E-state index in [0.717, 1.165) is 43.5 Å². The van der Waals surface area contributed by atoms with Gasteiger partial charge in [0, 0.05) is 22.0 Å². The van der Waals surface area contributed by atoms with Crippen LogP contribution >= 0.6 is 31.9 Å². The molecule has 3 nitrogen and oxygen atoms in total. The van der Waals surface area contributed by atoms with E-state index in [1.54, 1.807) is 0 Å². The highest BCUT2D eigenvalue weighted by molar-refractivity contribution is 9.11. The molecule has 0 bridgehead atoms. The van der Waals surface area contributed by atoms with E-state index < -0.39 is 0 Å². The molecule has 3 aromatic carbocycles. The lowest BCUT2D eigenvalue weighted by Gasteiger charge is -2.38. The molecule has 0 radical (unpaired) electrons. The maximum atomic E-state index is 6.49. The van der Waals surface area contributed by atoms with Gasteiger partial charge in [0.15, 0.2) is 0 Å². The third-order valence-corrected chi connectivity index (χ3v) is 6.32. The Kier molecular flexibility index (Phi) is 4.52. The van der Waals surface area contributed by atoms with Crippen molar-refractivity contribution in [1.29, 1.82) is 0 Å². The molecule has 2 atom stereocenters.